The van der Waals surface area contributed by atoms with Crippen molar-refractivity contribution in [2.75, 3.05) is 4.90 Å². The normalized spacial score (nSPS) is 11.5. The molecule has 0 aliphatic carbocycles. The predicted octanol–water partition coefficient (Wildman–Crippen LogP) is 14.0. The molecule has 10 rings (SSSR count). The molecule has 0 bridgehead atoms. The van der Waals surface area contributed by atoms with Crippen molar-refractivity contribution < 1.29 is 0 Å². The Labute approximate surface area is 300 Å². The zero-order chi connectivity index (χ0) is 33.7. The summed E-state index contributed by atoms with van der Waals surface area (Å²) < 4.78 is 5.01. The third-order valence-corrected chi connectivity index (χ3v) is 11.1. The Morgan fingerprint density at radius 2 is 1.04 bits per heavy atom. The van der Waals surface area contributed by atoms with Crippen LogP contribution in [-0.2, 0) is 0 Å². The molecule has 0 amide bonds. The molecule has 2 heterocycles. The molecule has 2 aromatic heterocycles. The summed E-state index contributed by atoms with van der Waals surface area (Å²) in [6, 6.07) is 70.4. The Balaban J connectivity index is 1.28. The molecule has 0 saturated heterocycles. The van der Waals surface area contributed by atoms with E-state index in [0.717, 1.165) is 17.1 Å². The molecule has 0 aliphatic heterocycles. The average molecular weight is 669 g/mol. The average Bonchev–Trinajstić information content (AvgIpc) is 3.75. The summed E-state index contributed by atoms with van der Waals surface area (Å²) in [7, 11) is 0. The maximum atomic E-state index is 2.46. The van der Waals surface area contributed by atoms with Gasteiger partial charge >= 0.3 is 0 Å². The van der Waals surface area contributed by atoms with Crippen LogP contribution in [0.3, 0.4) is 0 Å². The summed E-state index contributed by atoms with van der Waals surface area (Å²) in [5, 5.41) is 5.05. The lowest BCUT2D eigenvalue weighted by molar-refractivity contribution is 1.18. The molecule has 0 atom stereocenters. The highest BCUT2D eigenvalue weighted by Crippen LogP contribution is 2.47. The zero-order valence-electron chi connectivity index (χ0n) is 27.8. The number of anilines is 3. The van der Waals surface area contributed by atoms with Crippen LogP contribution in [-0.4, -0.2) is 4.57 Å². The smallest absolute Gasteiger partial charge is 0.0562 e. The second-order valence-electron chi connectivity index (χ2n) is 12.9. The second-order valence-corrected chi connectivity index (χ2v) is 14.0. The van der Waals surface area contributed by atoms with Gasteiger partial charge in [0.05, 0.1) is 16.7 Å². The van der Waals surface area contributed by atoms with Gasteiger partial charge in [-0.05, 0) is 82.9 Å². The van der Waals surface area contributed by atoms with Crippen molar-refractivity contribution in [3.8, 4) is 27.9 Å². The van der Waals surface area contributed by atoms with Crippen molar-refractivity contribution in [1.29, 1.82) is 0 Å². The summed E-state index contributed by atoms with van der Waals surface area (Å²) in [6.07, 6.45) is 0. The first kappa shape index (κ1) is 29.5. The molecule has 0 aliphatic rings. The van der Waals surface area contributed by atoms with E-state index >= 15 is 0 Å². The van der Waals surface area contributed by atoms with E-state index in [1.54, 1.807) is 0 Å². The van der Waals surface area contributed by atoms with E-state index in [1.165, 1.54) is 69.9 Å². The van der Waals surface area contributed by atoms with Crippen molar-refractivity contribution in [2.24, 2.45) is 0 Å². The van der Waals surface area contributed by atoms with Crippen LogP contribution >= 0.6 is 11.3 Å². The van der Waals surface area contributed by atoms with Gasteiger partial charge in [0.25, 0.3) is 0 Å². The maximum absolute atomic E-state index is 2.46. The van der Waals surface area contributed by atoms with Crippen LogP contribution in [0.1, 0.15) is 0 Å². The Bertz CT molecular complexity index is 2850. The van der Waals surface area contributed by atoms with Gasteiger partial charge in [0, 0.05) is 48.0 Å². The molecule has 0 spiro atoms. The number of thiophene rings is 1. The van der Waals surface area contributed by atoms with Crippen molar-refractivity contribution in [3.05, 3.63) is 194 Å². The predicted molar refractivity (Wildman–Crippen MR) is 219 cm³/mol. The summed E-state index contributed by atoms with van der Waals surface area (Å²) in [4.78, 5) is 2.46. The first-order valence-corrected chi connectivity index (χ1v) is 18.2. The fraction of sp³-hybridized carbons (Fsp3) is 0. The van der Waals surface area contributed by atoms with E-state index < -0.39 is 0 Å². The highest BCUT2D eigenvalue weighted by molar-refractivity contribution is 7.26. The zero-order valence-corrected chi connectivity index (χ0v) is 28.6. The highest BCUT2D eigenvalue weighted by atomic mass is 32.1. The van der Waals surface area contributed by atoms with Crippen LogP contribution in [0.25, 0.3) is 69.9 Å². The standard InChI is InChI=1S/C48H32N2S/c1-4-15-33(16-5-1)35-19-12-22-37(31-35)49(43-26-14-28-46-48(43)41-23-10-11-27-45(41)51-46)38-29-30-40-44(32-38)50(36-20-8-3-9-21-36)42-25-13-24-39(47(40)42)34-17-6-2-7-18-34/h1-32H. The van der Waals surface area contributed by atoms with E-state index in [1.807, 2.05) is 11.3 Å². The minimum Gasteiger partial charge on any atom is -0.310 e. The first-order valence-electron chi connectivity index (χ1n) is 17.4. The van der Waals surface area contributed by atoms with Gasteiger partial charge in [-0.3, -0.25) is 0 Å². The number of para-hydroxylation sites is 1. The fourth-order valence-corrected chi connectivity index (χ4v) is 8.86. The molecule has 8 aromatic carbocycles. The quantitative estimate of drug-likeness (QED) is 0.171. The number of hydrogen-bond donors (Lipinski definition) is 0. The number of hydrogen-bond acceptors (Lipinski definition) is 2. The van der Waals surface area contributed by atoms with Crippen LogP contribution in [0.5, 0.6) is 0 Å². The Hall–Kier alpha value is -6.42. The van der Waals surface area contributed by atoms with Gasteiger partial charge in [-0.2, -0.15) is 0 Å². The van der Waals surface area contributed by atoms with Crippen molar-refractivity contribution in [1.82, 2.24) is 4.57 Å². The van der Waals surface area contributed by atoms with E-state index in [9.17, 15) is 0 Å². The number of rotatable bonds is 6. The molecular formula is C48H32N2S. The molecule has 3 heteroatoms. The van der Waals surface area contributed by atoms with Gasteiger partial charge in [0.1, 0.15) is 0 Å². The Morgan fingerprint density at radius 3 is 1.86 bits per heavy atom. The van der Waals surface area contributed by atoms with E-state index in [4.69, 9.17) is 0 Å². The monoisotopic (exact) mass is 668 g/mol. The van der Waals surface area contributed by atoms with Gasteiger partial charge < -0.3 is 9.47 Å². The molecular weight excluding hydrogens is 637 g/mol. The summed E-state index contributed by atoms with van der Waals surface area (Å²) in [5.74, 6) is 0. The topological polar surface area (TPSA) is 8.17 Å². The molecule has 2 nitrogen and oxygen atoms in total. The Morgan fingerprint density at radius 1 is 0.392 bits per heavy atom. The lowest BCUT2D eigenvalue weighted by Crippen LogP contribution is -2.10. The second kappa shape index (κ2) is 12.2. The minimum absolute atomic E-state index is 1.11. The number of aromatic nitrogens is 1. The molecule has 0 radical (unpaired) electrons. The molecule has 0 saturated carbocycles. The third-order valence-electron chi connectivity index (χ3n) is 9.97. The Kier molecular flexibility index (Phi) is 7.04. The molecule has 0 fully saturated rings. The van der Waals surface area contributed by atoms with Gasteiger partial charge in [-0.1, -0.05) is 133 Å². The molecule has 240 valence electrons. The van der Waals surface area contributed by atoms with Gasteiger partial charge in [0.2, 0.25) is 0 Å². The SMILES string of the molecule is c1ccc(-c2cccc(N(c3ccc4c5c(-c6ccccc6)cccc5n(-c5ccccc5)c4c3)c3cccc4sc5ccccc5c34)c2)cc1. The molecule has 0 N–H and O–H groups in total. The van der Waals surface area contributed by atoms with Gasteiger partial charge in [-0.15, -0.1) is 11.3 Å². The van der Waals surface area contributed by atoms with Gasteiger partial charge in [-0.25, -0.2) is 0 Å². The van der Waals surface area contributed by atoms with Crippen LogP contribution < -0.4 is 4.90 Å². The van der Waals surface area contributed by atoms with E-state index in [2.05, 4.69) is 204 Å². The van der Waals surface area contributed by atoms with Gasteiger partial charge in [0.15, 0.2) is 0 Å². The van der Waals surface area contributed by atoms with Crippen molar-refractivity contribution in [3.63, 3.8) is 0 Å². The van der Waals surface area contributed by atoms with Crippen LogP contribution in [0.4, 0.5) is 17.1 Å². The van der Waals surface area contributed by atoms with E-state index in [-0.39, 0.29) is 0 Å². The maximum Gasteiger partial charge on any atom is 0.0562 e. The number of nitrogens with zero attached hydrogens (tertiary/aromatic N) is 2. The lowest BCUT2D eigenvalue weighted by atomic mass is 9.99. The van der Waals surface area contributed by atoms with Crippen LogP contribution in [0.15, 0.2) is 194 Å². The number of benzene rings is 8. The molecule has 51 heavy (non-hydrogen) atoms. The summed E-state index contributed by atoms with van der Waals surface area (Å²) in [6.45, 7) is 0. The summed E-state index contributed by atoms with van der Waals surface area (Å²) >= 11 is 1.86. The summed E-state index contributed by atoms with van der Waals surface area (Å²) in [5.41, 5.74) is 11.7. The highest BCUT2D eigenvalue weighted by Gasteiger charge is 2.22. The van der Waals surface area contributed by atoms with E-state index in [0.29, 0.717) is 0 Å². The molecule has 10 aromatic rings. The number of fused-ring (bicyclic) bond motifs is 6. The largest absolute Gasteiger partial charge is 0.310 e. The fourth-order valence-electron chi connectivity index (χ4n) is 7.73. The molecule has 0 unspecified atom stereocenters. The van der Waals surface area contributed by atoms with Crippen LogP contribution in [0.2, 0.25) is 0 Å². The van der Waals surface area contributed by atoms with Crippen molar-refractivity contribution >= 4 is 70.4 Å². The lowest BCUT2D eigenvalue weighted by Gasteiger charge is -2.27. The first-order chi connectivity index (χ1) is 25.3. The third kappa shape index (κ3) is 4.93. The minimum atomic E-state index is 1.11. The van der Waals surface area contributed by atoms with Crippen molar-refractivity contribution in [2.45, 2.75) is 0 Å². The van der Waals surface area contributed by atoms with Crippen LogP contribution in [0, 0.1) is 0 Å².